The SMILES string of the molecule is CNc1ccc(Cl)c(C(=O)Nc2ccc(Br)c(C)n2)n1. The number of carbonyl (C=O) groups is 1. The molecule has 0 saturated heterocycles. The summed E-state index contributed by atoms with van der Waals surface area (Å²) in [6.45, 7) is 1.84. The van der Waals surface area contributed by atoms with Crippen molar-refractivity contribution in [2.75, 3.05) is 17.7 Å². The van der Waals surface area contributed by atoms with Crippen molar-refractivity contribution in [3.05, 3.63) is 45.1 Å². The molecule has 0 spiro atoms. The summed E-state index contributed by atoms with van der Waals surface area (Å²) in [5.41, 5.74) is 0.937. The second-order valence-electron chi connectivity index (χ2n) is 3.99. The lowest BCUT2D eigenvalue weighted by atomic mass is 10.3. The highest BCUT2D eigenvalue weighted by Crippen LogP contribution is 2.19. The molecule has 0 radical (unpaired) electrons. The lowest BCUT2D eigenvalue weighted by Crippen LogP contribution is -2.16. The monoisotopic (exact) mass is 354 g/mol. The van der Waals surface area contributed by atoms with Gasteiger partial charge in [0.1, 0.15) is 17.3 Å². The maximum Gasteiger partial charge on any atom is 0.277 e. The van der Waals surface area contributed by atoms with E-state index in [1.165, 1.54) is 0 Å². The maximum atomic E-state index is 12.2. The standard InChI is InChI=1S/C13H12BrClN4O/c1-7-8(14)3-5-11(17-7)19-13(20)12-9(15)4-6-10(16-2)18-12/h3-6H,1-2H3,(H,16,18)(H,17,19,20). The Balaban J connectivity index is 2.25. The lowest BCUT2D eigenvalue weighted by Gasteiger charge is -2.08. The number of amides is 1. The first kappa shape index (κ1) is 14.7. The number of pyridine rings is 2. The number of rotatable bonds is 3. The lowest BCUT2D eigenvalue weighted by molar-refractivity contribution is 0.102. The van der Waals surface area contributed by atoms with Gasteiger partial charge in [-0.2, -0.15) is 0 Å². The smallest absolute Gasteiger partial charge is 0.277 e. The molecule has 2 N–H and O–H groups in total. The van der Waals surface area contributed by atoms with Crippen LogP contribution in [0.2, 0.25) is 5.02 Å². The number of nitrogens with zero attached hydrogens (tertiary/aromatic N) is 2. The average molecular weight is 356 g/mol. The zero-order valence-corrected chi connectivity index (χ0v) is 13.2. The number of anilines is 2. The van der Waals surface area contributed by atoms with Crippen molar-refractivity contribution >= 4 is 45.1 Å². The molecule has 20 heavy (non-hydrogen) atoms. The van der Waals surface area contributed by atoms with Gasteiger partial charge in [0.25, 0.3) is 5.91 Å². The van der Waals surface area contributed by atoms with Crippen molar-refractivity contribution < 1.29 is 4.79 Å². The minimum absolute atomic E-state index is 0.154. The Bertz CT molecular complexity index is 663. The van der Waals surface area contributed by atoms with E-state index < -0.39 is 5.91 Å². The van der Waals surface area contributed by atoms with Gasteiger partial charge in [0.05, 0.1) is 10.7 Å². The van der Waals surface area contributed by atoms with E-state index in [2.05, 4.69) is 36.5 Å². The Morgan fingerprint density at radius 2 is 1.90 bits per heavy atom. The zero-order valence-electron chi connectivity index (χ0n) is 10.9. The van der Waals surface area contributed by atoms with Crippen LogP contribution in [-0.2, 0) is 0 Å². The predicted octanol–water partition coefficient (Wildman–Crippen LogP) is 3.49. The molecule has 2 heterocycles. The highest BCUT2D eigenvalue weighted by Gasteiger charge is 2.14. The van der Waals surface area contributed by atoms with Crippen molar-refractivity contribution in [1.29, 1.82) is 0 Å². The van der Waals surface area contributed by atoms with E-state index >= 15 is 0 Å². The third-order valence-electron chi connectivity index (χ3n) is 2.58. The fraction of sp³-hybridized carbons (Fsp3) is 0.154. The minimum Gasteiger partial charge on any atom is -0.373 e. The van der Waals surface area contributed by atoms with E-state index in [1.54, 1.807) is 25.2 Å². The van der Waals surface area contributed by atoms with Gasteiger partial charge < -0.3 is 10.6 Å². The number of carbonyl (C=O) groups excluding carboxylic acids is 1. The third-order valence-corrected chi connectivity index (χ3v) is 3.72. The molecule has 0 unspecified atom stereocenters. The van der Waals surface area contributed by atoms with Crippen molar-refractivity contribution in [3.8, 4) is 0 Å². The highest BCUT2D eigenvalue weighted by molar-refractivity contribution is 9.10. The number of halogens is 2. The van der Waals surface area contributed by atoms with Crippen molar-refractivity contribution in [3.63, 3.8) is 0 Å². The van der Waals surface area contributed by atoms with Crippen LogP contribution in [0, 0.1) is 6.92 Å². The van der Waals surface area contributed by atoms with E-state index in [9.17, 15) is 4.79 Å². The Kier molecular flexibility index (Phi) is 4.57. The fourth-order valence-electron chi connectivity index (χ4n) is 1.53. The summed E-state index contributed by atoms with van der Waals surface area (Å²) in [5.74, 6) is 0.615. The van der Waals surface area contributed by atoms with Crippen LogP contribution in [0.25, 0.3) is 0 Å². The molecule has 0 fully saturated rings. The summed E-state index contributed by atoms with van der Waals surface area (Å²) in [5, 5.41) is 5.82. The van der Waals surface area contributed by atoms with Gasteiger partial charge in [-0.1, -0.05) is 11.6 Å². The normalized spacial score (nSPS) is 10.2. The van der Waals surface area contributed by atoms with Crippen LogP contribution in [0.1, 0.15) is 16.2 Å². The maximum absolute atomic E-state index is 12.2. The summed E-state index contributed by atoms with van der Waals surface area (Å²) < 4.78 is 0.879. The van der Waals surface area contributed by atoms with Crippen molar-refractivity contribution in [2.45, 2.75) is 6.92 Å². The van der Waals surface area contributed by atoms with Gasteiger partial charge in [-0.3, -0.25) is 4.79 Å². The molecule has 0 aromatic carbocycles. The molecule has 1 amide bonds. The van der Waals surface area contributed by atoms with Crippen LogP contribution in [0.5, 0.6) is 0 Å². The first-order valence-corrected chi connectivity index (χ1v) is 6.97. The molecule has 2 aromatic rings. The number of nitrogens with one attached hydrogen (secondary N) is 2. The van der Waals surface area contributed by atoms with Crippen LogP contribution in [-0.4, -0.2) is 22.9 Å². The molecule has 2 aromatic heterocycles. The molecule has 2 rings (SSSR count). The molecule has 104 valence electrons. The van der Waals surface area contributed by atoms with Crippen LogP contribution >= 0.6 is 27.5 Å². The van der Waals surface area contributed by atoms with Gasteiger partial charge in [-0.05, 0) is 47.1 Å². The molecule has 7 heteroatoms. The second kappa shape index (κ2) is 6.19. The summed E-state index contributed by atoms with van der Waals surface area (Å²) in [6.07, 6.45) is 0. The molecule has 0 aliphatic carbocycles. The van der Waals surface area contributed by atoms with Gasteiger partial charge >= 0.3 is 0 Å². The van der Waals surface area contributed by atoms with Gasteiger partial charge in [0, 0.05) is 11.5 Å². The Morgan fingerprint density at radius 1 is 1.20 bits per heavy atom. The van der Waals surface area contributed by atoms with E-state index in [1.807, 2.05) is 13.0 Å². The number of aryl methyl sites for hydroxylation is 1. The predicted molar refractivity (Wildman–Crippen MR) is 83.4 cm³/mol. The highest BCUT2D eigenvalue weighted by atomic mass is 79.9. The Hall–Kier alpha value is -1.66. The quantitative estimate of drug-likeness (QED) is 0.884. The fourth-order valence-corrected chi connectivity index (χ4v) is 1.94. The van der Waals surface area contributed by atoms with Crippen LogP contribution < -0.4 is 10.6 Å². The first-order chi connectivity index (χ1) is 9.51. The number of hydrogen-bond acceptors (Lipinski definition) is 4. The Labute approximate surface area is 129 Å². The molecule has 0 aliphatic rings. The molecular formula is C13H12BrClN4O. The van der Waals surface area contributed by atoms with E-state index in [0.717, 1.165) is 10.2 Å². The molecule has 0 aliphatic heterocycles. The van der Waals surface area contributed by atoms with Crippen molar-refractivity contribution in [1.82, 2.24) is 9.97 Å². The molecular weight excluding hydrogens is 344 g/mol. The molecule has 5 nitrogen and oxygen atoms in total. The molecule has 0 atom stereocenters. The van der Waals surface area contributed by atoms with Gasteiger partial charge in [-0.15, -0.1) is 0 Å². The largest absolute Gasteiger partial charge is 0.373 e. The van der Waals surface area contributed by atoms with Crippen LogP contribution in [0.4, 0.5) is 11.6 Å². The van der Waals surface area contributed by atoms with Crippen LogP contribution in [0.3, 0.4) is 0 Å². The molecule has 0 bridgehead atoms. The topological polar surface area (TPSA) is 66.9 Å². The number of aromatic nitrogens is 2. The third kappa shape index (κ3) is 3.26. The second-order valence-corrected chi connectivity index (χ2v) is 5.26. The average Bonchev–Trinajstić information content (AvgIpc) is 2.43. The minimum atomic E-state index is -0.402. The van der Waals surface area contributed by atoms with Gasteiger partial charge in [0.15, 0.2) is 0 Å². The summed E-state index contributed by atoms with van der Waals surface area (Å²) in [6, 6.07) is 6.83. The van der Waals surface area contributed by atoms with Gasteiger partial charge in [-0.25, -0.2) is 9.97 Å². The van der Waals surface area contributed by atoms with E-state index in [0.29, 0.717) is 11.6 Å². The van der Waals surface area contributed by atoms with Gasteiger partial charge in [0.2, 0.25) is 0 Å². The first-order valence-electron chi connectivity index (χ1n) is 5.80. The molecule has 0 saturated carbocycles. The van der Waals surface area contributed by atoms with E-state index in [4.69, 9.17) is 11.6 Å². The zero-order chi connectivity index (χ0) is 14.7. The van der Waals surface area contributed by atoms with Crippen molar-refractivity contribution in [2.24, 2.45) is 0 Å². The number of hydrogen-bond donors (Lipinski definition) is 2. The summed E-state index contributed by atoms with van der Waals surface area (Å²) >= 11 is 9.35. The summed E-state index contributed by atoms with van der Waals surface area (Å²) in [4.78, 5) is 20.5. The summed E-state index contributed by atoms with van der Waals surface area (Å²) in [7, 11) is 1.72. The van der Waals surface area contributed by atoms with Crippen LogP contribution in [0.15, 0.2) is 28.7 Å². The van der Waals surface area contributed by atoms with E-state index in [-0.39, 0.29) is 10.7 Å². The Morgan fingerprint density at radius 3 is 2.55 bits per heavy atom.